The summed E-state index contributed by atoms with van der Waals surface area (Å²) < 4.78 is 0. The summed E-state index contributed by atoms with van der Waals surface area (Å²) in [5, 5.41) is 3.16. The molecule has 0 bridgehead atoms. The van der Waals surface area contributed by atoms with Crippen molar-refractivity contribution in [3.63, 3.8) is 0 Å². The molecule has 2 aliphatic carbocycles. The van der Waals surface area contributed by atoms with Gasteiger partial charge in [-0.15, -0.1) is 0 Å². The van der Waals surface area contributed by atoms with Gasteiger partial charge in [0, 0.05) is 32.5 Å². The Morgan fingerprint density at radius 2 is 1.86 bits per heavy atom. The van der Waals surface area contributed by atoms with Gasteiger partial charge in [0.05, 0.1) is 0 Å². The Kier molecular flexibility index (Phi) is 7.15. The molecule has 0 radical (unpaired) electrons. The van der Waals surface area contributed by atoms with Crippen LogP contribution in [-0.4, -0.2) is 30.3 Å². The van der Waals surface area contributed by atoms with Crippen molar-refractivity contribution < 1.29 is 9.59 Å². The average molecular weight is 397 g/mol. The molecule has 4 heteroatoms. The first-order valence-electron chi connectivity index (χ1n) is 11.1. The number of nitrogens with zero attached hydrogens (tertiary/aromatic N) is 1. The lowest BCUT2D eigenvalue weighted by Gasteiger charge is -2.37. The Labute approximate surface area is 175 Å². The van der Waals surface area contributed by atoms with Crippen molar-refractivity contribution in [1.82, 2.24) is 10.2 Å². The number of allylic oxidation sites excluding steroid dienone is 1. The fourth-order valence-electron chi connectivity index (χ4n) is 4.53. The van der Waals surface area contributed by atoms with Gasteiger partial charge in [-0.3, -0.25) is 9.59 Å². The highest BCUT2D eigenvalue weighted by Crippen LogP contribution is 2.39. The maximum absolute atomic E-state index is 12.9. The predicted octanol–water partition coefficient (Wildman–Crippen LogP) is 4.42. The van der Waals surface area contributed by atoms with Crippen LogP contribution in [0.25, 0.3) is 0 Å². The minimum Gasteiger partial charge on any atom is -0.355 e. The monoisotopic (exact) mass is 396 g/mol. The van der Waals surface area contributed by atoms with E-state index in [1.54, 1.807) is 0 Å². The second-order valence-corrected chi connectivity index (χ2v) is 9.37. The van der Waals surface area contributed by atoms with Crippen molar-refractivity contribution in [3.05, 3.63) is 47.5 Å². The fourth-order valence-corrected chi connectivity index (χ4v) is 4.53. The number of amides is 2. The van der Waals surface area contributed by atoms with E-state index in [1.807, 2.05) is 30.1 Å². The summed E-state index contributed by atoms with van der Waals surface area (Å²) in [5.74, 6) is 2.37. The molecule has 0 heterocycles. The van der Waals surface area contributed by atoms with Gasteiger partial charge < -0.3 is 10.2 Å². The first-order valence-corrected chi connectivity index (χ1v) is 11.1. The van der Waals surface area contributed by atoms with Gasteiger partial charge in [0.25, 0.3) is 0 Å². The highest BCUT2D eigenvalue weighted by atomic mass is 16.2. The molecule has 0 spiro atoms. The zero-order valence-corrected chi connectivity index (χ0v) is 18.4. The second kappa shape index (κ2) is 9.60. The molecule has 1 aromatic rings. The number of hydrogen-bond acceptors (Lipinski definition) is 2. The van der Waals surface area contributed by atoms with E-state index >= 15 is 0 Å². The lowest BCUT2D eigenvalue weighted by molar-refractivity contribution is -0.131. The van der Waals surface area contributed by atoms with Crippen molar-refractivity contribution in [2.24, 2.45) is 29.6 Å². The Morgan fingerprint density at radius 3 is 2.48 bits per heavy atom. The van der Waals surface area contributed by atoms with Gasteiger partial charge in [-0.2, -0.15) is 0 Å². The third-order valence-electron chi connectivity index (χ3n) is 6.65. The molecule has 29 heavy (non-hydrogen) atoms. The van der Waals surface area contributed by atoms with Gasteiger partial charge in [-0.05, 0) is 55.4 Å². The van der Waals surface area contributed by atoms with Crippen molar-refractivity contribution in [1.29, 1.82) is 0 Å². The Bertz CT molecular complexity index is 736. The quantitative estimate of drug-likeness (QED) is 0.662. The van der Waals surface area contributed by atoms with E-state index in [1.165, 1.54) is 5.57 Å². The highest BCUT2D eigenvalue weighted by molar-refractivity contribution is 5.80. The third kappa shape index (κ3) is 5.94. The summed E-state index contributed by atoms with van der Waals surface area (Å²) >= 11 is 0. The molecule has 3 atom stereocenters. The average Bonchev–Trinajstić information content (AvgIpc) is 3.53. The Morgan fingerprint density at radius 1 is 1.17 bits per heavy atom. The molecule has 1 saturated carbocycles. The largest absolute Gasteiger partial charge is 0.355 e. The maximum atomic E-state index is 12.9. The van der Waals surface area contributed by atoms with Gasteiger partial charge in [-0.1, -0.05) is 55.8 Å². The Hall–Kier alpha value is -2.10. The summed E-state index contributed by atoms with van der Waals surface area (Å²) in [4.78, 5) is 26.8. The van der Waals surface area contributed by atoms with Crippen LogP contribution < -0.4 is 5.32 Å². The molecular formula is C25H36N2O2. The molecule has 0 aromatic heterocycles. The number of rotatable bonds is 8. The van der Waals surface area contributed by atoms with Crippen LogP contribution in [0.4, 0.5) is 0 Å². The van der Waals surface area contributed by atoms with Crippen LogP contribution in [0, 0.1) is 29.6 Å². The van der Waals surface area contributed by atoms with Crippen LogP contribution in [0.2, 0.25) is 0 Å². The van der Waals surface area contributed by atoms with Crippen LogP contribution in [0.5, 0.6) is 0 Å². The van der Waals surface area contributed by atoms with Crippen molar-refractivity contribution in [2.75, 3.05) is 13.6 Å². The van der Waals surface area contributed by atoms with E-state index in [4.69, 9.17) is 0 Å². The zero-order valence-electron chi connectivity index (χ0n) is 18.4. The SMILES string of the molecule is CC1=CC(CNC(=O)C2CC2)C(C(C)C)CC1CC(=O)N(C)Cc1ccccc1. The standard InChI is InChI=1S/C25H36N2O2/c1-17(2)23-13-21(14-24(28)27(4)16-19-8-6-5-7-9-19)18(3)12-22(23)15-26-25(29)20-10-11-20/h5-9,12,17,20-23H,10-11,13-16H2,1-4H3,(H,26,29). The number of benzene rings is 1. The number of hydrogen-bond donors (Lipinski definition) is 1. The van der Waals surface area contributed by atoms with Crippen LogP contribution in [0.1, 0.15) is 52.0 Å². The molecule has 0 aliphatic heterocycles. The molecule has 2 aliphatic rings. The van der Waals surface area contributed by atoms with Gasteiger partial charge in [-0.25, -0.2) is 0 Å². The van der Waals surface area contributed by atoms with Gasteiger partial charge in [0.2, 0.25) is 11.8 Å². The second-order valence-electron chi connectivity index (χ2n) is 9.37. The zero-order chi connectivity index (χ0) is 21.0. The molecule has 3 unspecified atom stereocenters. The van der Waals surface area contributed by atoms with Crippen LogP contribution in [0.15, 0.2) is 42.0 Å². The van der Waals surface area contributed by atoms with E-state index in [9.17, 15) is 9.59 Å². The number of carbonyl (C=O) groups is 2. The first kappa shape index (κ1) is 21.6. The summed E-state index contributed by atoms with van der Waals surface area (Å²) in [6.07, 6.45) is 6.00. The Balaban J connectivity index is 1.59. The minimum absolute atomic E-state index is 0.203. The summed E-state index contributed by atoms with van der Waals surface area (Å²) in [6, 6.07) is 10.1. The van der Waals surface area contributed by atoms with E-state index in [-0.39, 0.29) is 17.7 Å². The molecule has 1 N–H and O–H groups in total. The fraction of sp³-hybridized carbons (Fsp3) is 0.600. The molecule has 3 rings (SSSR count). The molecular weight excluding hydrogens is 360 g/mol. The lowest BCUT2D eigenvalue weighted by Crippen LogP contribution is -2.38. The normalized spacial score (nSPS) is 24.2. The van der Waals surface area contributed by atoms with E-state index in [2.05, 4.69) is 44.3 Å². The molecule has 4 nitrogen and oxygen atoms in total. The maximum Gasteiger partial charge on any atom is 0.223 e. The topological polar surface area (TPSA) is 49.4 Å². The molecule has 1 fully saturated rings. The summed E-state index contributed by atoms with van der Waals surface area (Å²) in [7, 11) is 1.90. The van der Waals surface area contributed by atoms with Crippen molar-refractivity contribution >= 4 is 11.8 Å². The third-order valence-corrected chi connectivity index (χ3v) is 6.65. The molecule has 1 aromatic carbocycles. The lowest BCUT2D eigenvalue weighted by atomic mass is 9.69. The van der Waals surface area contributed by atoms with Crippen molar-refractivity contribution in [3.8, 4) is 0 Å². The predicted molar refractivity (Wildman–Crippen MR) is 117 cm³/mol. The van der Waals surface area contributed by atoms with E-state index < -0.39 is 0 Å². The summed E-state index contributed by atoms with van der Waals surface area (Å²) in [6.45, 7) is 8.05. The van der Waals surface area contributed by atoms with E-state index in [0.29, 0.717) is 36.6 Å². The van der Waals surface area contributed by atoms with E-state index in [0.717, 1.165) is 31.4 Å². The van der Waals surface area contributed by atoms with Gasteiger partial charge in [0.15, 0.2) is 0 Å². The molecule has 0 saturated heterocycles. The van der Waals surface area contributed by atoms with Gasteiger partial charge >= 0.3 is 0 Å². The number of carbonyl (C=O) groups excluding carboxylic acids is 2. The van der Waals surface area contributed by atoms with Crippen molar-refractivity contribution in [2.45, 2.75) is 53.0 Å². The molecule has 158 valence electrons. The summed E-state index contributed by atoms with van der Waals surface area (Å²) in [5.41, 5.74) is 2.46. The first-order chi connectivity index (χ1) is 13.8. The molecule has 2 amide bonds. The van der Waals surface area contributed by atoms with Gasteiger partial charge in [0.1, 0.15) is 0 Å². The van der Waals surface area contributed by atoms with Crippen LogP contribution in [-0.2, 0) is 16.1 Å². The van der Waals surface area contributed by atoms with Crippen LogP contribution in [0.3, 0.4) is 0 Å². The number of nitrogens with one attached hydrogen (secondary N) is 1. The minimum atomic E-state index is 0.203. The smallest absolute Gasteiger partial charge is 0.223 e. The van der Waals surface area contributed by atoms with Crippen LogP contribution >= 0.6 is 0 Å². The highest BCUT2D eigenvalue weighted by Gasteiger charge is 2.34.